The number of carbonyl (C=O) groups is 1. The molecule has 19 heavy (non-hydrogen) atoms. The molecule has 1 aromatic carbocycles. The summed E-state index contributed by atoms with van der Waals surface area (Å²) in [5.41, 5.74) is 0.661. The number of β-amino-alcohol motifs (C(OH)–C–C–N with tert-alkyl or cyclic N) is 1. The van der Waals surface area contributed by atoms with Crippen LogP contribution in [0.5, 0.6) is 11.5 Å². The van der Waals surface area contributed by atoms with Gasteiger partial charge in [0.15, 0.2) is 0 Å². The minimum Gasteiger partial charge on any atom is -0.494 e. The molecule has 1 fully saturated rings. The van der Waals surface area contributed by atoms with Crippen molar-refractivity contribution in [1.29, 1.82) is 0 Å². The van der Waals surface area contributed by atoms with Crippen LogP contribution < -0.4 is 14.4 Å². The standard InChI is InChI=1S/C14H19NO4/c1-3-18-11-5-6-13(19-4-2)12(8-11)15-9-10(16)7-14(15)17/h5-6,8,10,16H,3-4,7,9H2,1-2H3. The summed E-state index contributed by atoms with van der Waals surface area (Å²) in [6, 6.07) is 5.39. The molecular weight excluding hydrogens is 246 g/mol. The Kier molecular flexibility index (Phi) is 4.27. The van der Waals surface area contributed by atoms with Crippen LogP contribution in [0.15, 0.2) is 18.2 Å². The fourth-order valence-corrected chi connectivity index (χ4v) is 2.16. The molecule has 1 N–H and O–H groups in total. The van der Waals surface area contributed by atoms with Gasteiger partial charge in [0.2, 0.25) is 5.91 Å². The molecule has 0 radical (unpaired) electrons. The van der Waals surface area contributed by atoms with Crippen LogP contribution in [0, 0.1) is 0 Å². The largest absolute Gasteiger partial charge is 0.494 e. The second-order valence-corrected chi connectivity index (χ2v) is 4.36. The lowest BCUT2D eigenvalue weighted by Crippen LogP contribution is -2.25. The van der Waals surface area contributed by atoms with Crippen LogP contribution in [-0.2, 0) is 4.79 Å². The molecule has 5 heteroatoms. The third kappa shape index (κ3) is 2.98. The zero-order chi connectivity index (χ0) is 13.8. The first-order valence-electron chi connectivity index (χ1n) is 6.53. The van der Waals surface area contributed by atoms with Gasteiger partial charge in [-0.2, -0.15) is 0 Å². The second kappa shape index (κ2) is 5.93. The Balaban J connectivity index is 2.34. The molecule has 104 valence electrons. The second-order valence-electron chi connectivity index (χ2n) is 4.36. The third-order valence-corrected chi connectivity index (χ3v) is 2.94. The molecule has 1 atom stereocenters. The van der Waals surface area contributed by atoms with Crippen LogP contribution in [0.1, 0.15) is 20.3 Å². The number of rotatable bonds is 5. The molecule has 0 spiro atoms. The minimum atomic E-state index is -0.613. The molecule has 0 aliphatic carbocycles. The third-order valence-electron chi connectivity index (χ3n) is 2.94. The van der Waals surface area contributed by atoms with Gasteiger partial charge in [0.05, 0.1) is 38.0 Å². The zero-order valence-corrected chi connectivity index (χ0v) is 11.3. The topological polar surface area (TPSA) is 59.0 Å². The van der Waals surface area contributed by atoms with Crippen LogP contribution >= 0.6 is 0 Å². The van der Waals surface area contributed by atoms with Crippen LogP contribution in [0.4, 0.5) is 5.69 Å². The first kappa shape index (κ1) is 13.7. The first-order valence-corrected chi connectivity index (χ1v) is 6.53. The Bertz CT molecular complexity index is 461. The Morgan fingerprint density at radius 1 is 1.32 bits per heavy atom. The molecule has 1 unspecified atom stereocenters. The van der Waals surface area contributed by atoms with Crippen molar-refractivity contribution in [3.8, 4) is 11.5 Å². The quantitative estimate of drug-likeness (QED) is 0.878. The van der Waals surface area contributed by atoms with Crippen molar-refractivity contribution < 1.29 is 19.4 Å². The van der Waals surface area contributed by atoms with Gasteiger partial charge >= 0.3 is 0 Å². The Morgan fingerprint density at radius 3 is 2.63 bits per heavy atom. The lowest BCUT2D eigenvalue weighted by molar-refractivity contribution is -0.117. The summed E-state index contributed by atoms with van der Waals surface area (Å²) in [6.07, 6.45) is -0.456. The molecule has 1 saturated heterocycles. The highest BCUT2D eigenvalue weighted by Crippen LogP contribution is 2.35. The van der Waals surface area contributed by atoms with Crippen LogP contribution in [0.2, 0.25) is 0 Å². The van der Waals surface area contributed by atoms with Gasteiger partial charge < -0.3 is 19.5 Å². The van der Waals surface area contributed by atoms with Gasteiger partial charge in [0.1, 0.15) is 11.5 Å². The highest BCUT2D eigenvalue weighted by molar-refractivity contribution is 5.97. The smallest absolute Gasteiger partial charge is 0.229 e. The fraction of sp³-hybridized carbons (Fsp3) is 0.500. The van der Waals surface area contributed by atoms with E-state index in [1.165, 1.54) is 0 Å². The van der Waals surface area contributed by atoms with Gasteiger partial charge in [-0.15, -0.1) is 0 Å². The van der Waals surface area contributed by atoms with E-state index < -0.39 is 6.10 Å². The number of amides is 1. The highest BCUT2D eigenvalue weighted by Gasteiger charge is 2.31. The Hall–Kier alpha value is -1.75. The molecule has 1 aromatic rings. The first-order chi connectivity index (χ1) is 9.15. The maximum atomic E-state index is 11.9. The summed E-state index contributed by atoms with van der Waals surface area (Å²) in [5.74, 6) is 1.23. The van der Waals surface area contributed by atoms with Crippen LogP contribution in [0.3, 0.4) is 0 Å². The van der Waals surface area contributed by atoms with Crippen molar-refractivity contribution in [3.63, 3.8) is 0 Å². The number of hydrogen-bond donors (Lipinski definition) is 1. The predicted molar refractivity (Wildman–Crippen MR) is 71.8 cm³/mol. The minimum absolute atomic E-state index is 0.0953. The van der Waals surface area contributed by atoms with E-state index in [9.17, 15) is 9.90 Å². The van der Waals surface area contributed by atoms with E-state index in [1.54, 1.807) is 17.0 Å². The lowest BCUT2D eigenvalue weighted by Gasteiger charge is -2.20. The molecule has 1 aliphatic heterocycles. The molecule has 1 amide bonds. The SMILES string of the molecule is CCOc1ccc(OCC)c(N2CC(O)CC2=O)c1. The van der Waals surface area contributed by atoms with Gasteiger partial charge in [0, 0.05) is 6.07 Å². The van der Waals surface area contributed by atoms with Gasteiger partial charge in [0.25, 0.3) is 0 Å². The number of aliphatic hydroxyl groups is 1. The molecule has 0 aromatic heterocycles. The van der Waals surface area contributed by atoms with E-state index in [4.69, 9.17) is 9.47 Å². The molecule has 2 rings (SSSR count). The van der Waals surface area contributed by atoms with E-state index in [2.05, 4.69) is 0 Å². The average Bonchev–Trinajstić information content (AvgIpc) is 2.71. The summed E-state index contributed by atoms with van der Waals surface area (Å²) >= 11 is 0. The van der Waals surface area contributed by atoms with E-state index >= 15 is 0 Å². The number of aliphatic hydroxyl groups excluding tert-OH is 1. The molecule has 5 nitrogen and oxygen atoms in total. The Morgan fingerprint density at radius 2 is 2.05 bits per heavy atom. The number of anilines is 1. The summed E-state index contributed by atoms with van der Waals surface area (Å²) in [4.78, 5) is 13.4. The molecule has 0 saturated carbocycles. The van der Waals surface area contributed by atoms with Gasteiger partial charge in [-0.3, -0.25) is 4.79 Å². The van der Waals surface area contributed by atoms with Crippen molar-refractivity contribution in [2.24, 2.45) is 0 Å². The monoisotopic (exact) mass is 265 g/mol. The predicted octanol–water partition coefficient (Wildman–Crippen LogP) is 1.58. The van der Waals surface area contributed by atoms with Crippen molar-refractivity contribution in [3.05, 3.63) is 18.2 Å². The summed E-state index contributed by atoms with van der Waals surface area (Å²) in [5, 5.41) is 9.59. The average molecular weight is 265 g/mol. The van der Waals surface area contributed by atoms with E-state index in [-0.39, 0.29) is 12.3 Å². The maximum absolute atomic E-state index is 11.9. The van der Waals surface area contributed by atoms with E-state index in [1.807, 2.05) is 19.9 Å². The number of hydrogen-bond acceptors (Lipinski definition) is 4. The van der Waals surface area contributed by atoms with E-state index in [0.29, 0.717) is 36.9 Å². The molecule has 0 bridgehead atoms. The number of ether oxygens (including phenoxy) is 2. The van der Waals surface area contributed by atoms with Crippen LogP contribution in [-0.4, -0.2) is 36.9 Å². The molecular formula is C14H19NO4. The maximum Gasteiger partial charge on any atom is 0.229 e. The molecule has 1 heterocycles. The molecule has 1 aliphatic rings. The van der Waals surface area contributed by atoms with Crippen LogP contribution in [0.25, 0.3) is 0 Å². The van der Waals surface area contributed by atoms with Gasteiger partial charge in [-0.05, 0) is 26.0 Å². The number of carbonyl (C=O) groups excluding carboxylic acids is 1. The van der Waals surface area contributed by atoms with Gasteiger partial charge in [-0.25, -0.2) is 0 Å². The summed E-state index contributed by atoms with van der Waals surface area (Å²) in [6.45, 7) is 5.17. The van der Waals surface area contributed by atoms with Crippen molar-refractivity contribution in [2.45, 2.75) is 26.4 Å². The summed E-state index contributed by atoms with van der Waals surface area (Å²) in [7, 11) is 0. The normalized spacial score (nSPS) is 18.8. The fourth-order valence-electron chi connectivity index (χ4n) is 2.16. The highest BCUT2D eigenvalue weighted by atomic mass is 16.5. The van der Waals surface area contributed by atoms with Crippen molar-refractivity contribution in [2.75, 3.05) is 24.7 Å². The number of nitrogens with zero attached hydrogens (tertiary/aromatic N) is 1. The van der Waals surface area contributed by atoms with Crippen molar-refractivity contribution >= 4 is 11.6 Å². The number of benzene rings is 1. The van der Waals surface area contributed by atoms with Crippen molar-refractivity contribution in [1.82, 2.24) is 0 Å². The Labute approximate surface area is 112 Å². The van der Waals surface area contributed by atoms with Gasteiger partial charge in [-0.1, -0.05) is 0 Å². The lowest BCUT2D eigenvalue weighted by atomic mass is 10.2. The summed E-state index contributed by atoms with van der Waals surface area (Å²) < 4.78 is 11.0. The van der Waals surface area contributed by atoms with E-state index in [0.717, 1.165) is 0 Å². The zero-order valence-electron chi connectivity index (χ0n) is 11.3.